The minimum atomic E-state index is -0.881. The van der Waals surface area contributed by atoms with Gasteiger partial charge in [-0.15, -0.1) is 29.3 Å². The highest BCUT2D eigenvalue weighted by Crippen LogP contribution is 2.16. The molecular weight excluding hydrogens is 334 g/mol. The number of rotatable bonds is 8. The van der Waals surface area contributed by atoms with Gasteiger partial charge in [0.05, 0.1) is 6.54 Å². The van der Waals surface area contributed by atoms with Gasteiger partial charge in [-0.3, -0.25) is 4.79 Å². The molecule has 1 atom stereocenters. The standard InChI is InChI=1S/C15H17N3O3S2/c1-3-6-16-15-18-12(9-23-15)14(20)21-10(2)13(19)17-8-11-5-4-7-22-11/h3-5,7,9-10H,1,6,8H2,2H3,(H,16,18)(H,17,19). The van der Waals surface area contributed by atoms with Gasteiger partial charge in [-0.25, -0.2) is 9.78 Å². The average Bonchev–Trinajstić information content (AvgIpc) is 3.21. The minimum Gasteiger partial charge on any atom is -0.448 e. The number of carbonyl (C=O) groups excluding carboxylic acids is 2. The van der Waals surface area contributed by atoms with Crippen LogP contribution in [0.25, 0.3) is 0 Å². The number of amides is 1. The van der Waals surface area contributed by atoms with E-state index in [2.05, 4.69) is 22.2 Å². The zero-order chi connectivity index (χ0) is 16.7. The van der Waals surface area contributed by atoms with Gasteiger partial charge in [0.2, 0.25) is 0 Å². The van der Waals surface area contributed by atoms with Crippen LogP contribution in [0, 0.1) is 0 Å². The van der Waals surface area contributed by atoms with Gasteiger partial charge in [-0.05, 0) is 18.4 Å². The molecule has 2 heterocycles. The molecule has 0 bridgehead atoms. The first kappa shape index (κ1) is 17.2. The summed E-state index contributed by atoms with van der Waals surface area (Å²) in [5, 5.41) is 9.84. The van der Waals surface area contributed by atoms with Crippen molar-refractivity contribution in [3.63, 3.8) is 0 Å². The maximum atomic E-state index is 12.0. The van der Waals surface area contributed by atoms with Crippen molar-refractivity contribution in [1.29, 1.82) is 0 Å². The van der Waals surface area contributed by atoms with Gasteiger partial charge in [0.1, 0.15) is 0 Å². The van der Waals surface area contributed by atoms with E-state index < -0.39 is 12.1 Å². The highest BCUT2D eigenvalue weighted by atomic mass is 32.1. The molecule has 1 unspecified atom stereocenters. The normalized spacial score (nSPS) is 11.5. The van der Waals surface area contributed by atoms with Crippen molar-refractivity contribution < 1.29 is 14.3 Å². The van der Waals surface area contributed by atoms with Crippen LogP contribution in [0.5, 0.6) is 0 Å². The lowest BCUT2D eigenvalue weighted by atomic mass is 10.3. The van der Waals surface area contributed by atoms with Crippen LogP contribution in [0.15, 0.2) is 35.5 Å². The van der Waals surface area contributed by atoms with E-state index in [0.717, 1.165) is 4.88 Å². The summed E-state index contributed by atoms with van der Waals surface area (Å²) in [7, 11) is 0. The predicted octanol–water partition coefficient (Wildman–Crippen LogP) is 2.66. The van der Waals surface area contributed by atoms with Crippen LogP contribution in [0.2, 0.25) is 0 Å². The number of nitrogens with one attached hydrogen (secondary N) is 2. The highest BCUT2D eigenvalue weighted by molar-refractivity contribution is 7.13. The maximum absolute atomic E-state index is 12.0. The number of thiazole rings is 1. The first-order valence-electron chi connectivity index (χ1n) is 6.91. The molecule has 2 N–H and O–H groups in total. The number of ether oxygens (including phenoxy) is 1. The molecule has 122 valence electrons. The van der Waals surface area contributed by atoms with Gasteiger partial charge in [-0.1, -0.05) is 12.1 Å². The fourth-order valence-corrected chi connectivity index (χ4v) is 2.95. The van der Waals surface area contributed by atoms with Crippen LogP contribution >= 0.6 is 22.7 Å². The lowest BCUT2D eigenvalue weighted by molar-refractivity contribution is -0.129. The molecular formula is C15H17N3O3S2. The number of hydrogen-bond donors (Lipinski definition) is 2. The Hall–Kier alpha value is -2.19. The second-order valence-corrected chi connectivity index (χ2v) is 6.44. The zero-order valence-electron chi connectivity index (χ0n) is 12.6. The zero-order valence-corrected chi connectivity index (χ0v) is 14.2. The Morgan fingerprint density at radius 2 is 2.30 bits per heavy atom. The third-order valence-electron chi connectivity index (χ3n) is 2.78. The summed E-state index contributed by atoms with van der Waals surface area (Å²) in [6.45, 7) is 6.10. The molecule has 0 aliphatic heterocycles. The van der Waals surface area contributed by atoms with Crippen molar-refractivity contribution in [2.75, 3.05) is 11.9 Å². The number of carbonyl (C=O) groups is 2. The predicted molar refractivity (Wildman–Crippen MR) is 91.8 cm³/mol. The van der Waals surface area contributed by atoms with E-state index in [4.69, 9.17) is 4.74 Å². The summed E-state index contributed by atoms with van der Waals surface area (Å²) in [4.78, 5) is 29.0. The Morgan fingerprint density at radius 1 is 1.48 bits per heavy atom. The number of hydrogen-bond acceptors (Lipinski definition) is 7. The second kappa shape index (κ2) is 8.44. The van der Waals surface area contributed by atoms with E-state index in [-0.39, 0.29) is 11.6 Å². The van der Waals surface area contributed by atoms with Crippen molar-refractivity contribution >= 4 is 39.7 Å². The van der Waals surface area contributed by atoms with Crippen LogP contribution < -0.4 is 10.6 Å². The fourth-order valence-electron chi connectivity index (χ4n) is 1.61. The topological polar surface area (TPSA) is 80.3 Å². The maximum Gasteiger partial charge on any atom is 0.358 e. The number of anilines is 1. The molecule has 0 saturated carbocycles. The van der Waals surface area contributed by atoms with Crippen LogP contribution in [0.3, 0.4) is 0 Å². The molecule has 0 aromatic carbocycles. The average molecular weight is 351 g/mol. The summed E-state index contributed by atoms with van der Waals surface area (Å²) in [5.74, 6) is -0.960. The monoisotopic (exact) mass is 351 g/mol. The van der Waals surface area contributed by atoms with Crippen LogP contribution in [-0.4, -0.2) is 29.5 Å². The number of esters is 1. The molecule has 6 nitrogen and oxygen atoms in total. The Balaban J connectivity index is 1.82. The van der Waals surface area contributed by atoms with E-state index in [1.165, 1.54) is 18.3 Å². The fraction of sp³-hybridized carbons (Fsp3) is 0.267. The van der Waals surface area contributed by atoms with Crippen molar-refractivity contribution in [2.24, 2.45) is 0 Å². The molecule has 0 spiro atoms. The molecule has 8 heteroatoms. The summed E-state index contributed by atoms with van der Waals surface area (Å²) < 4.78 is 5.13. The second-order valence-electron chi connectivity index (χ2n) is 4.55. The van der Waals surface area contributed by atoms with Gasteiger partial charge in [-0.2, -0.15) is 0 Å². The van der Waals surface area contributed by atoms with Crippen molar-refractivity contribution in [3.05, 3.63) is 46.1 Å². The van der Waals surface area contributed by atoms with Gasteiger partial charge >= 0.3 is 5.97 Å². The van der Waals surface area contributed by atoms with E-state index in [9.17, 15) is 9.59 Å². The lowest BCUT2D eigenvalue weighted by Gasteiger charge is -2.12. The third-order valence-corrected chi connectivity index (χ3v) is 4.46. The quantitative estimate of drug-likeness (QED) is 0.564. The van der Waals surface area contributed by atoms with E-state index in [1.54, 1.807) is 22.8 Å². The summed E-state index contributed by atoms with van der Waals surface area (Å²) in [6, 6.07) is 3.84. The van der Waals surface area contributed by atoms with Gasteiger partial charge in [0, 0.05) is 16.8 Å². The molecule has 2 aromatic rings. The lowest BCUT2D eigenvalue weighted by Crippen LogP contribution is -2.35. The molecule has 1 amide bonds. The molecule has 23 heavy (non-hydrogen) atoms. The smallest absolute Gasteiger partial charge is 0.358 e. The Bertz CT molecular complexity index is 667. The summed E-state index contributed by atoms with van der Waals surface area (Å²) in [5.41, 5.74) is 0.180. The van der Waals surface area contributed by atoms with Gasteiger partial charge in [0.25, 0.3) is 5.91 Å². The minimum absolute atomic E-state index is 0.180. The molecule has 0 fully saturated rings. The number of aromatic nitrogens is 1. The summed E-state index contributed by atoms with van der Waals surface area (Å²) in [6.07, 6.45) is 0.813. The number of nitrogens with zero attached hydrogens (tertiary/aromatic N) is 1. The number of thiophene rings is 1. The molecule has 2 aromatic heterocycles. The third kappa shape index (κ3) is 5.19. The van der Waals surface area contributed by atoms with Gasteiger partial charge < -0.3 is 15.4 Å². The molecule has 0 aliphatic carbocycles. The largest absolute Gasteiger partial charge is 0.448 e. The van der Waals surface area contributed by atoms with Crippen molar-refractivity contribution in [2.45, 2.75) is 19.6 Å². The van der Waals surface area contributed by atoms with Crippen LogP contribution in [0.1, 0.15) is 22.3 Å². The Morgan fingerprint density at radius 3 is 3.00 bits per heavy atom. The molecule has 2 rings (SSSR count). The van der Waals surface area contributed by atoms with Crippen LogP contribution in [-0.2, 0) is 16.1 Å². The Kier molecular flexibility index (Phi) is 6.30. The van der Waals surface area contributed by atoms with E-state index >= 15 is 0 Å². The van der Waals surface area contributed by atoms with E-state index in [1.807, 2.05) is 17.5 Å². The SMILES string of the molecule is C=CCNc1nc(C(=O)OC(C)C(=O)NCc2cccs2)cs1. The summed E-state index contributed by atoms with van der Waals surface area (Å²) >= 11 is 2.84. The van der Waals surface area contributed by atoms with Crippen molar-refractivity contribution in [1.82, 2.24) is 10.3 Å². The van der Waals surface area contributed by atoms with Crippen LogP contribution in [0.4, 0.5) is 5.13 Å². The van der Waals surface area contributed by atoms with E-state index in [0.29, 0.717) is 18.2 Å². The molecule has 0 aliphatic rings. The van der Waals surface area contributed by atoms with Crippen molar-refractivity contribution in [3.8, 4) is 0 Å². The molecule has 0 radical (unpaired) electrons. The Labute approximate surface area is 142 Å². The first-order valence-corrected chi connectivity index (χ1v) is 8.67. The van der Waals surface area contributed by atoms with Gasteiger partial charge in [0.15, 0.2) is 16.9 Å². The molecule has 0 saturated heterocycles. The highest BCUT2D eigenvalue weighted by Gasteiger charge is 2.20. The first-order chi connectivity index (χ1) is 11.1.